The van der Waals surface area contributed by atoms with E-state index in [4.69, 9.17) is 4.42 Å². The van der Waals surface area contributed by atoms with E-state index in [1.54, 1.807) is 36.4 Å². The summed E-state index contributed by atoms with van der Waals surface area (Å²) in [6.07, 6.45) is 1.39. The highest BCUT2D eigenvalue weighted by Crippen LogP contribution is 2.30. The monoisotopic (exact) mass is 394 g/mol. The number of rotatable bonds is 5. The molecule has 29 heavy (non-hydrogen) atoms. The first-order valence-electron chi connectivity index (χ1n) is 9.26. The Labute approximate surface area is 169 Å². The number of benzene rings is 2. The van der Waals surface area contributed by atoms with Gasteiger partial charge in [-0.05, 0) is 62.7 Å². The van der Waals surface area contributed by atoms with E-state index in [-0.39, 0.29) is 5.76 Å². The summed E-state index contributed by atoms with van der Waals surface area (Å²) in [7, 11) is 0. The van der Waals surface area contributed by atoms with Crippen molar-refractivity contribution in [3.8, 4) is 0 Å². The number of amides is 2. The van der Waals surface area contributed by atoms with Crippen molar-refractivity contribution in [2.75, 3.05) is 4.90 Å². The zero-order valence-corrected chi connectivity index (χ0v) is 16.6. The lowest BCUT2D eigenvalue weighted by Gasteiger charge is -2.33. The molecule has 1 N–H and O–H groups in total. The number of carbonyl (C=O) groups is 2. The number of furan rings is 1. The SMILES string of the molecule is CC(C)(C)NC(=O)[C@@H](c1cccc(F)c1)N(C(=O)c1ccco1)c1ccccc1. The van der Waals surface area contributed by atoms with E-state index in [1.165, 1.54) is 35.4 Å². The van der Waals surface area contributed by atoms with Gasteiger partial charge in [0.2, 0.25) is 5.91 Å². The minimum atomic E-state index is -1.09. The Hall–Kier alpha value is -3.41. The fourth-order valence-electron chi connectivity index (χ4n) is 3.02. The van der Waals surface area contributed by atoms with E-state index in [0.29, 0.717) is 11.3 Å². The number of hydrogen-bond donors (Lipinski definition) is 1. The number of para-hydroxylation sites is 1. The molecule has 0 saturated carbocycles. The first kappa shape index (κ1) is 20.3. The van der Waals surface area contributed by atoms with Crippen LogP contribution in [-0.4, -0.2) is 17.4 Å². The predicted octanol–water partition coefficient (Wildman–Crippen LogP) is 4.72. The van der Waals surface area contributed by atoms with Crippen LogP contribution in [0.2, 0.25) is 0 Å². The third kappa shape index (κ3) is 4.90. The van der Waals surface area contributed by atoms with Crippen molar-refractivity contribution in [2.45, 2.75) is 32.4 Å². The van der Waals surface area contributed by atoms with Crippen LogP contribution in [0.15, 0.2) is 77.4 Å². The highest BCUT2D eigenvalue weighted by atomic mass is 19.1. The van der Waals surface area contributed by atoms with Crippen LogP contribution >= 0.6 is 0 Å². The van der Waals surface area contributed by atoms with Gasteiger partial charge in [-0.1, -0.05) is 30.3 Å². The quantitative estimate of drug-likeness (QED) is 0.681. The summed E-state index contributed by atoms with van der Waals surface area (Å²) < 4.78 is 19.3. The maximum Gasteiger partial charge on any atom is 0.294 e. The lowest BCUT2D eigenvalue weighted by Crippen LogP contribution is -2.49. The average Bonchev–Trinajstić information content (AvgIpc) is 3.19. The van der Waals surface area contributed by atoms with Gasteiger partial charge in [-0.3, -0.25) is 14.5 Å². The molecule has 150 valence electrons. The lowest BCUT2D eigenvalue weighted by molar-refractivity contribution is -0.123. The Bertz CT molecular complexity index is 979. The van der Waals surface area contributed by atoms with Gasteiger partial charge >= 0.3 is 0 Å². The molecule has 3 rings (SSSR count). The van der Waals surface area contributed by atoms with Gasteiger partial charge in [-0.2, -0.15) is 0 Å². The van der Waals surface area contributed by atoms with Crippen LogP contribution in [0.5, 0.6) is 0 Å². The second kappa shape index (κ2) is 8.31. The Morgan fingerprint density at radius 1 is 1.00 bits per heavy atom. The smallest absolute Gasteiger partial charge is 0.294 e. The molecule has 0 aliphatic carbocycles. The van der Waals surface area contributed by atoms with Gasteiger partial charge < -0.3 is 9.73 Å². The van der Waals surface area contributed by atoms with E-state index in [0.717, 1.165) is 0 Å². The van der Waals surface area contributed by atoms with E-state index in [2.05, 4.69) is 5.32 Å². The molecule has 0 unspecified atom stereocenters. The summed E-state index contributed by atoms with van der Waals surface area (Å²) in [5, 5.41) is 2.90. The highest BCUT2D eigenvalue weighted by Gasteiger charge is 2.36. The molecule has 0 aliphatic heterocycles. The molecule has 2 aromatic carbocycles. The number of halogens is 1. The third-order valence-electron chi connectivity index (χ3n) is 4.15. The Kier molecular flexibility index (Phi) is 5.82. The molecule has 0 fully saturated rings. The maximum absolute atomic E-state index is 14.0. The molecule has 0 radical (unpaired) electrons. The van der Waals surface area contributed by atoms with Gasteiger partial charge in [-0.15, -0.1) is 0 Å². The van der Waals surface area contributed by atoms with Gasteiger partial charge in [0.05, 0.1) is 6.26 Å². The van der Waals surface area contributed by atoms with Gasteiger partial charge in [-0.25, -0.2) is 4.39 Å². The molecule has 1 aromatic heterocycles. The molecule has 2 amide bonds. The van der Waals surface area contributed by atoms with Crippen LogP contribution in [0.1, 0.15) is 42.9 Å². The van der Waals surface area contributed by atoms with E-state index in [9.17, 15) is 14.0 Å². The van der Waals surface area contributed by atoms with Crippen LogP contribution in [-0.2, 0) is 4.79 Å². The zero-order chi connectivity index (χ0) is 21.0. The molecule has 5 nitrogen and oxygen atoms in total. The van der Waals surface area contributed by atoms with Crippen molar-refractivity contribution in [2.24, 2.45) is 0 Å². The summed E-state index contributed by atoms with van der Waals surface area (Å²) >= 11 is 0. The molecule has 0 aliphatic rings. The summed E-state index contributed by atoms with van der Waals surface area (Å²) in [6, 6.07) is 16.5. The lowest BCUT2D eigenvalue weighted by atomic mass is 10.0. The molecular weight excluding hydrogens is 371 g/mol. The average molecular weight is 394 g/mol. The number of carbonyl (C=O) groups excluding carboxylic acids is 2. The Morgan fingerprint density at radius 3 is 2.31 bits per heavy atom. The summed E-state index contributed by atoms with van der Waals surface area (Å²) in [6.45, 7) is 5.53. The summed E-state index contributed by atoms with van der Waals surface area (Å²) in [5.41, 5.74) is 0.307. The molecule has 0 saturated heterocycles. The van der Waals surface area contributed by atoms with Crippen LogP contribution < -0.4 is 10.2 Å². The van der Waals surface area contributed by atoms with E-state index >= 15 is 0 Å². The van der Waals surface area contributed by atoms with Crippen molar-refractivity contribution >= 4 is 17.5 Å². The zero-order valence-electron chi connectivity index (χ0n) is 16.6. The topological polar surface area (TPSA) is 62.6 Å². The molecule has 0 spiro atoms. The van der Waals surface area contributed by atoms with Crippen molar-refractivity contribution < 1.29 is 18.4 Å². The minimum absolute atomic E-state index is 0.0822. The Balaban J connectivity index is 2.16. The largest absolute Gasteiger partial charge is 0.459 e. The maximum atomic E-state index is 14.0. The van der Waals surface area contributed by atoms with Crippen molar-refractivity contribution in [3.63, 3.8) is 0 Å². The van der Waals surface area contributed by atoms with Crippen molar-refractivity contribution in [1.82, 2.24) is 5.32 Å². The number of hydrogen-bond acceptors (Lipinski definition) is 3. The number of nitrogens with one attached hydrogen (secondary N) is 1. The molecule has 6 heteroatoms. The van der Waals surface area contributed by atoms with Gasteiger partial charge in [0, 0.05) is 11.2 Å². The van der Waals surface area contributed by atoms with Crippen molar-refractivity contribution in [1.29, 1.82) is 0 Å². The van der Waals surface area contributed by atoms with Crippen molar-refractivity contribution in [3.05, 3.63) is 90.1 Å². The molecule has 1 atom stereocenters. The van der Waals surface area contributed by atoms with Gasteiger partial charge in [0.15, 0.2) is 5.76 Å². The van der Waals surface area contributed by atoms with Gasteiger partial charge in [0.25, 0.3) is 5.91 Å². The van der Waals surface area contributed by atoms with Crippen LogP contribution in [0.3, 0.4) is 0 Å². The molecule has 1 heterocycles. The summed E-state index contributed by atoms with van der Waals surface area (Å²) in [4.78, 5) is 28.0. The molecule has 3 aromatic rings. The van der Waals surface area contributed by atoms with E-state index in [1.807, 2.05) is 26.8 Å². The molecular formula is C23H23FN2O3. The molecule has 0 bridgehead atoms. The van der Waals surface area contributed by atoms with E-state index < -0.39 is 29.2 Å². The number of anilines is 1. The van der Waals surface area contributed by atoms with Gasteiger partial charge in [0.1, 0.15) is 11.9 Å². The predicted molar refractivity (Wildman–Crippen MR) is 109 cm³/mol. The second-order valence-corrected chi connectivity index (χ2v) is 7.68. The van der Waals surface area contributed by atoms with Crippen LogP contribution in [0, 0.1) is 5.82 Å². The Morgan fingerprint density at radius 2 is 1.72 bits per heavy atom. The van der Waals surface area contributed by atoms with Crippen LogP contribution in [0.4, 0.5) is 10.1 Å². The fraction of sp³-hybridized carbons (Fsp3) is 0.217. The third-order valence-corrected chi connectivity index (χ3v) is 4.15. The van der Waals surface area contributed by atoms with Crippen LogP contribution in [0.25, 0.3) is 0 Å². The second-order valence-electron chi connectivity index (χ2n) is 7.68. The fourth-order valence-corrected chi connectivity index (χ4v) is 3.02. The number of nitrogens with zero attached hydrogens (tertiary/aromatic N) is 1. The standard InChI is InChI=1S/C23H23FN2O3/c1-23(2,3)25-21(27)20(16-9-7-10-17(24)15-16)26(18-11-5-4-6-12-18)22(28)19-13-8-14-29-19/h4-15,20H,1-3H3,(H,25,27)/t20-/m1/s1. The first-order chi connectivity index (χ1) is 13.8. The minimum Gasteiger partial charge on any atom is -0.459 e. The highest BCUT2D eigenvalue weighted by molar-refractivity contribution is 6.08. The normalized spacial score (nSPS) is 12.3. The first-order valence-corrected chi connectivity index (χ1v) is 9.26. The summed E-state index contributed by atoms with van der Waals surface area (Å²) in [5.74, 6) is -1.33.